The topological polar surface area (TPSA) is 62.8 Å². The fraction of sp³-hybridized carbons (Fsp3) is 0.429. The van der Waals surface area contributed by atoms with Crippen molar-refractivity contribution in [3.8, 4) is 11.8 Å². The summed E-state index contributed by atoms with van der Waals surface area (Å²) in [6, 6.07) is 3.19. The largest absolute Gasteiger partial charge is 0.419 e. The Morgan fingerprint density at radius 3 is 2.85 bits per heavy atom. The maximum Gasteiger partial charge on any atom is 0.240 e. The molecule has 0 aliphatic rings. The highest BCUT2D eigenvalue weighted by Crippen LogP contribution is 2.22. The van der Waals surface area contributed by atoms with E-state index in [-0.39, 0.29) is 5.82 Å². The quantitative estimate of drug-likeness (QED) is 0.853. The molecule has 0 spiro atoms. The molecule has 0 aliphatic carbocycles. The van der Waals surface area contributed by atoms with Crippen LogP contribution in [-0.4, -0.2) is 21.7 Å². The van der Waals surface area contributed by atoms with Crippen molar-refractivity contribution >= 4 is 0 Å². The van der Waals surface area contributed by atoms with E-state index in [2.05, 4.69) is 34.3 Å². The summed E-state index contributed by atoms with van der Waals surface area (Å²) < 4.78 is 18.9. The molecule has 2 rings (SSSR count). The summed E-state index contributed by atoms with van der Waals surface area (Å²) in [4.78, 5) is 3.99. The number of hydrogen-bond acceptors (Lipinski definition) is 4. The zero-order valence-corrected chi connectivity index (χ0v) is 11.9. The third-order valence-corrected chi connectivity index (χ3v) is 2.64. The monoisotopic (exact) mass is 278 g/mol. The summed E-state index contributed by atoms with van der Waals surface area (Å²) in [6.07, 6.45) is 1.14. The van der Waals surface area contributed by atoms with E-state index < -0.39 is 0 Å². The zero-order valence-electron chi connectivity index (χ0n) is 11.9. The van der Waals surface area contributed by atoms with Crippen molar-refractivity contribution in [1.29, 1.82) is 0 Å². The summed E-state index contributed by atoms with van der Waals surface area (Å²) in [6.45, 7) is 7.45. The molecule has 2 aromatic heterocycles. The molecule has 0 unspecified atom stereocenters. The average Bonchev–Trinajstić information content (AvgIpc) is 2.78. The third kappa shape index (κ3) is 4.03. The lowest BCUT2D eigenvalue weighted by Gasteiger charge is -2.10. The number of nitrogens with one attached hydrogen (secondary N) is 2. The summed E-state index contributed by atoms with van der Waals surface area (Å²) in [5.74, 6) is 0.938. The minimum absolute atomic E-state index is 0.370. The van der Waals surface area contributed by atoms with Crippen LogP contribution in [0.4, 0.5) is 4.39 Å². The first kappa shape index (κ1) is 14.5. The Morgan fingerprint density at radius 1 is 1.40 bits per heavy atom. The van der Waals surface area contributed by atoms with Gasteiger partial charge in [-0.25, -0.2) is 9.37 Å². The molecule has 6 heteroatoms. The number of rotatable bonds is 6. The highest BCUT2D eigenvalue weighted by molar-refractivity contribution is 5.30. The third-order valence-electron chi connectivity index (χ3n) is 2.64. The van der Waals surface area contributed by atoms with E-state index in [4.69, 9.17) is 4.74 Å². The first-order valence-corrected chi connectivity index (χ1v) is 6.59. The van der Waals surface area contributed by atoms with Crippen molar-refractivity contribution in [2.75, 3.05) is 6.54 Å². The summed E-state index contributed by atoms with van der Waals surface area (Å²) in [5, 5.41) is 10.0. The number of hydrogen-bond donors (Lipinski definition) is 2. The van der Waals surface area contributed by atoms with E-state index in [0.29, 0.717) is 29.8 Å². The van der Waals surface area contributed by atoms with Gasteiger partial charge in [0.2, 0.25) is 11.8 Å². The molecule has 20 heavy (non-hydrogen) atoms. The molecule has 0 saturated heterocycles. The molecule has 0 bridgehead atoms. The number of aromatic amines is 1. The van der Waals surface area contributed by atoms with Gasteiger partial charge in [-0.05, 0) is 25.5 Å². The molecule has 0 atom stereocenters. The summed E-state index contributed by atoms with van der Waals surface area (Å²) in [7, 11) is 0. The van der Waals surface area contributed by atoms with Crippen molar-refractivity contribution < 1.29 is 9.13 Å². The van der Waals surface area contributed by atoms with Crippen LogP contribution in [0.15, 0.2) is 18.3 Å². The van der Waals surface area contributed by atoms with Crippen LogP contribution < -0.4 is 10.1 Å². The van der Waals surface area contributed by atoms with E-state index in [1.807, 2.05) is 6.92 Å². The van der Waals surface area contributed by atoms with Gasteiger partial charge in [0.15, 0.2) is 0 Å². The molecule has 108 valence electrons. The Labute approximate surface area is 117 Å². The maximum absolute atomic E-state index is 13.3. The lowest BCUT2D eigenvalue weighted by molar-refractivity contribution is 0.429. The highest BCUT2D eigenvalue weighted by Gasteiger charge is 2.10. The normalized spacial score (nSPS) is 11.1. The van der Waals surface area contributed by atoms with E-state index in [9.17, 15) is 4.39 Å². The first-order chi connectivity index (χ1) is 9.54. The minimum Gasteiger partial charge on any atom is -0.419 e. The minimum atomic E-state index is -0.378. The molecule has 0 amide bonds. The maximum atomic E-state index is 13.3. The van der Waals surface area contributed by atoms with Crippen molar-refractivity contribution in [2.24, 2.45) is 5.92 Å². The van der Waals surface area contributed by atoms with Crippen LogP contribution in [0.5, 0.6) is 11.8 Å². The van der Waals surface area contributed by atoms with Gasteiger partial charge in [0.05, 0.1) is 6.20 Å². The zero-order chi connectivity index (χ0) is 14.5. The molecule has 2 aromatic rings. The molecular formula is C14H19FN4O. The number of pyridine rings is 1. The first-order valence-electron chi connectivity index (χ1n) is 6.59. The molecule has 0 radical (unpaired) electrons. The Kier molecular flexibility index (Phi) is 4.68. The second-order valence-corrected chi connectivity index (χ2v) is 5.13. The van der Waals surface area contributed by atoms with Gasteiger partial charge >= 0.3 is 0 Å². The van der Waals surface area contributed by atoms with Crippen LogP contribution in [0, 0.1) is 18.7 Å². The summed E-state index contributed by atoms with van der Waals surface area (Å²) in [5.41, 5.74) is 1.56. The van der Waals surface area contributed by atoms with Gasteiger partial charge in [0, 0.05) is 23.9 Å². The van der Waals surface area contributed by atoms with Gasteiger partial charge in [-0.2, -0.15) is 0 Å². The van der Waals surface area contributed by atoms with Crippen molar-refractivity contribution in [3.05, 3.63) is 35.4 Å². The standard InChI is InChI=1S/C14H19FN4O/c1-9(2)6-16-7-11-5-12(15)8-17-14(11)20-13-4-10(3)18-19-13/h4-5,8-9,16H,6-7H2,1-3H3,(H,18,19). The molecular weight excluding hydrogens is 259 g/mol. The second-order valence-electron chi connectivity index (χ2n) is 5.13. The second kappa shape index (κ2) is 6.47. The van der Waals surface area contributed by atoms with E-state index in [1.165, 1.54) is 6.07 Å². The molecule has 5 nitrogen and oxygen atoms in total. The fourth-order valence-corrected chi connectivity index (χ4v) is 1.73. The summed E-state index contributed by atoms with van der Waals surface area (Å²) >= 11 is 0. The van der Waals surface area contributed by atoms with Crippen LogP contribution in [0.25, 0.3) is 0 Å². The van der Waals surface area contributed by atoms with Gasteiger partial charge in [0.1, 0.15) is 5.82 Å². The smallest absolute Gasteiger partial charge is 0.240 e. The van der Waals surface area contributed by atoms with Gasteiger partial charge in [0.25, 0.3) is 0 Å². The Hall–Kier alpha value is -1.95. The average molecular weight is 278 g/mol. The van der Waals surface area contributed by atoms with Crippen LogP contribution >= 0.6 is 0 Å². The Morgan fingerprint density at radius 2 is 2.20 bits per heavy atom. The molecule has 0 aromatic carbocycles. The van der Waals surface area contributed by atoms with Crippen LogP contribution in [0.1, 0.15) is 25.1 Å². The lowest BCUT2D eigenvalue weighted by atomic mass is 10.2. The molecule has 2 N–H and O–H groups in total. The van der Waals surface area contributed by atoms with Crippen LogP contribution in [0.2, 0.25) is 0 Å². The number of aryl methyl sites for hydroxylation is 1. The molecule has 0 fully saturated rings. The van der Waals surface area contributed by atoms with Gasteiger partial charge < -0.3 is 10.1 Å². The van der Waals surface area contributed by atoms with E-state index >= 15 is 0 Å². The van der Waals surface area contributed by atoms with Crippen LogP contribution in [-0.2, 0) is 6.54 Å². The Balaban J connectivity index is 2.10. The number of halogens is 1. The molecule has 0 saturated carbocycles. The van der Waals surface area contributed by atoms with E-state index in [1.54, 1.807) is 6.07 Å². The SMILES string of the molecule is Cc1cc(Oc2ncc(F)cc2CNCC(C)C)n[nH]1. The van der Waals surface area contributed by atoms with Gasteiger partial charge in [-0.3, -0.25) is 5.10 Å². The number of aromatic nitrogens is 3. The van der Waals surface area contributed by atoms with Crippen molar-refractivity contribution in [3.63, 3.8) is 0 Å². The molecule has 2 heterocycles. The predicted molar refractivity (Wildman–Crippen MR) is 74.1 cm³/mol. The Bertz CT molecular complexity index is 568. The predicted octanol–water partition coefficient (Wildman–Crippen LogP) is 2.79. The molecule has 0 aliphatic heterocycles. The number of ether oxygens (including phenoxy) is 1. The number of nitrogens with zero attached hydrogens (tertiary/aromatic N) is 2. The van der Waals surface area contributed by atoms with Crippen LogP contribution in [0.3, 0.4) is 0 Å². The highest BCUT2D eigenvalue weighted by atomic mass is 19.1. The van der Waals surface area contributed by atoms with E-state index in [0.717, 1.165) is 18.4 Å². The fourth-order valence-electron chi connectivity index (χ4n) is 1.73. The van der Waals surface area contributed by atoms with Gasteiger partial charge in [-0.15, -0.1) is 5.10 Å². The van der Waals surface area contributed by atoms with Crippen molar-refractivity contribution in [1.82, 2.24) is 20.5 Å². The van der Waals surface area contributed by atoms with Crippen molar-refractivity contribution in [2.45, 2.75) is 27.3 Å². The lowest BCUT2D eigenvalue weighted by Crippen LogP contribution is -2.19. The van der Waals surface area contributed by atoms with Gasteiger partial charge in [-0.1, -0.05) is 13.8 Å². The number of H-pyrrole nitrogens is 1.